The number of hydrogen-bond donors (Lipinski definition) is 1. The molecule has 4 atom stereocenters. The van der Waals surface area contributed by atoms with E-state index in [-0.39, 0.29) is 0 Å². The lowest BCUT2D eigenvalue weighted by molar-refractivity contribution is 0.456. The third-order valence-corrected chi connectivity index (χ3v) is 5.26. The number of fused-ring (bicyclic) bond motifs is 5. The highest BCUT2D eigenvalue weighted by Crippen LogP contribution is 2.65. The van der Waals surface area contributed by atoms with Crippen molar-refractivity contribution >= 4 is 0 Å². The zero-order valence-electron chi connectivity index (χ0n) is 10.2. The lowest BCUT2D eigenvalue weighted by Crippen LogP contribution is -2.22. The van der Waals surface area contributed by atoms with Crippen LogP contribution in [0.25, 0.3) is 0 Å². The molecule has 0 amide bonds. The Morgan fingerprint density at radius 1 is 1.06 bits per heavy atom. The zero-order chi connectivity index (χ0) is 12.3. The van der Waals surface area contributed by atoms with Gasteiger partial charge < -0.3 is 5.32 Å². The molecule has 0 saturated heterocycles. The fraction of sp³-hybridized carbons (Fsp3) is 0.600. The first-order valence-electron chi connectivity index (χ1n) is 6.91. The standard InChI is InChI=1S/C15H17F2N/c16-11-4-1-8(5-12(11)17)7-18-15-13-9-2-3-10(6-9)14(13)15/h1,4-5,9-10,13-15,18H,2-3,6-7H2. The predicted octanol–water partition coefficient (Wildman–Crippen LogP) is 3.10. The van der Waals surface area contributed by atoms with Gasteiger partial charge in [-0.2, -0.15) is 0 Å². The average molecular weight is 249 g/mol. The van der Waals surface area contributed by atoms with Crippen LogP contribution in [0.15, 0.2) is 18.2 Å². The van der Waals surface area contributed by atoms with E-state index < -0.39 is 11.6 Å². The summed E-state index contributed by atoms with van der Waals surface area (Å²) in [5.41, 5.74) is 0.839. The van der Waals surface area contributed by atoms with Crippen molar-refractivity contribution in [2.45, 2.75) is 31.8 Å². The molecular weight excluding hydrogens is 232 g/mol. The number of hydrogen-bond acceptors (Lipinski definition) is 1. The molecule has 0 aliphatic heterocycles. The topological polar surface area (TPSA) is 12.0 Å². The van der Waals surface area contributed by atoms with E-state index in [1.54, 1.807) is 6.07 Å². The number of benzene rings is 1. The molecule has 3 saturated carbocycles. The lowest BCUT2D eigenvalue weighted by Gasteiger charge is -2.10. The molecule has 3 fully saturated rings. The monoisotopic (exact) mass is 249 g/mol. The van der Waals surface area contributed by atoms with Crippen LogP contribution in [0.5, 0.6) is 0 Å². The molecule has 2 bridgehead atoms. The smallest absolute Gasteiger partial charge is 0.159 e. The van der Waals surface area contributed by atoms with Gasteiger partial charge >= 0.3 is 0 Å². The Kier molecular flexibility index (Phi) is 2.28. The normalized spacial score (nSPS) is 40.0. The van der Waals surface area contributed by atoms with Crippen LogP contribution < -0.4 is 5.32 Å². The maximum atomic E-state index is 13.1. The summed E-state index contributed by atoms with van der Waals surface area (Å²) in [4.78, 5) is 0. The van der Waals surface area contributed by atoms with Crippen molar-refractivity contribution in [3.63, 3.8) is 0 Å². The molecule has 0 heterocycles. The van der Waals surface area contributed by atoms with Gasteiger partial charge in [-0.1, -0.05) is 6.07 Å². The van der Waals surface area contributed by atoms with Gasteiger partial charge in [0.05, 0.1) is 0 Å². The quantitative estimate of drug-likeness (QED) is 0.868. The third-order valence-electron chi connectivity index (χ3n) is 5.26. The van der Waals surface area contributed by atoms with Crippen molar-refractivity contribution in [3.8, 4) is 0 Å². The molecule has 1 N–H and O–H groups in total. The highest BCUT2D eigenvalue weighted by molar-refractivity contribution is 5.20. The zero-order valence-corrected chi connectivity index (χ0v) is 10.2. The Bertz CT molecular complexity index is 471. The van der Waals surface area contributed by atoms with Crippen molar-refractivity contribution in [2.24, 2.45) is 23.7 Å². The summed E-state index contributed by atoms with van der Waals surface area (Å²) in [7, 11) is 0. The van der Waals surface area contributed by atoms with Crippen molar-refractivity contribution in [1.29, 1.82) is 0 Å². The maximum Gasteiger partial charge on any atom is 0.159 e. The Hall–Kier alpha value is -0.960. The summed E-state index contributed by atoms with van der Waals surface area (Å²) < 4.78 is 25.9. The molecule has 3 aliphatic rings. The Balaban J connectivity index is 1.39. The summed E-state index contributed by atoms with van der Waals surface area (Å²) in [6.45, 7) is 0.661. The fourth-order valence-corrected chi connectivity index (χ4v) is 4.48. The predicted molar refractivity (Wildman–Crippen MR) is 64.8 cm³/mol. The van der Waals surface area contributed by atoms with E-state index in [0.717, 1.165) is 29.2 Å². The van der Waals surface area contributed by atoms with E-state index in [9.17, 15) is 8.78 Å². The minimum atomic E-state index is -0.764. The Labute approximate surface area is 106 Å². The molecule has 4 rings (SSSR count). The molecule has 1 nitrogen and oxygen atoms in total. The molecule has 4 unspecified atom stereocenters. The highest BCUT2D eigenvalue weighted by atomic mass is 19.2. The van der Waals surface area contributed by atoms with Crippen LogP contribution in [0, 0.1) is 35.3 Å². The van der Waals surface area contributed by atoms with Crippen LogP contribution in [0.4, 0.5) is 8.78 Å². The summed E-state index contributed by atoms with van der Waals surface area (Å²) >= 11 is 0. The van der Waals surface area contributed by atoms with Gasteiger partial charge in [-0.05, 0) is 60.6 Å². The first kappa shape index (κ1) is 10.9. The summed E-state index contributed by atoms with van der Waals surface area (Å²) in [6.07, 6.45) is 4.27. The number of halogens is 2. The van der Waals surface area contributed by atoms with E-state index in [0.29, 0.717) is 12.6 Å². The largest absolute Gasteiger partial charge is 0.309 e. The van der Waals surface area contributed by atoms with Crippen LogP contribution in [-0.2, 0) is 6.54 Å². The van der Waals surface area contributed by atoms with E-state index >= 15 is 0 Å². The van der Waals surface area contributed by atoms with Crippen LogP contribution in [0.2, 0.25) is 0 Å². The van der Waals surface area contributed by atoms with Gasteiger partial charge in [-0.15, -0.1) is 0 Å². The van der Waals surface area contributed by atoms with Crippen LogP contribution >= 0.6 is 0 Å². The van der Waals surface area contributed by atoms with E-state index in [2.05, 4.69) is 5.32 Å². The van der Waals surface area contributed by atoms with Gasteiger partial charge in [0.1, 0.15) is 0 Å². The second kappa shape index (κ2) is 3.77. The Morgan fingerprint density at radius 2 is 1.78 bits per heavy atom. The van der Waals surface area contributed by atoms with Gasteiger partial charge in [-0.25, -0.2) is 8.78 Å². The first-order chi connectivity index (χ1) is 8.74. The van der Waals surface area contributed by atoms with Crippen molar-refractivity contribution in [1.82, 2.24) is 5.32 Å². The highest BCUT2D eigenvalue weighted by Gasteiger charge is 2.64. The number of rotatable bonds is 3. The summed E-state index contributed by atoms with van der Waals surface area (Å²) in [5, 5.41) is 3.53. The molecule has 1 aromatic carbocycles. The molecule has 1 aromatic rings. The molecule has 3 aliphatic carbocycles. The van der Waals surface area contributed by atoms with Crippen LogP contribution in [0.3, 0.4) is 0 Å². The summed E-state index contributed by atoms with van der Waals surface area (Å²) in [5.74, 6) is 2.15. The minimum Gasteiger partial charge on any atom is -0.309 e. The van der Waals surface area contributed by atoms with Crippen LogP contribution in [-0.4, -0.2) is 6.04 Å². The van der Waals surface area contributed by atoms with Gasteiger partial charge in [-0.3, -0.25) is 0 Å². The van der Waals surface area contributed by atoms with Gasteiger partial charge in [0, 0.05) is 12.6 Å². The molecule has 0 spiro atoms. The third kappa shape index (κ3) is 1.53. The molecule has 18 heavy (non-hydrogen) atoms. The van der Waals surface area contributed by atoms with Crippen LogP contribution in [0.1, 0.15) is 24.8 Å². The van der Waals surface area contributed by atoms with Crippen molar-refractivity contribution < 1.29 is 8.78 Å². The van der Waals surface area contributed by atoms with Gasteiger partial charge in [0.2, 0.25) is 0 Å². The van der Waals surface area contributed by atoms with E-state index in [1.165, 1.54) is 31.4 Å². The second-order valence-electron chi connectivity index (χ2n) is 6.14. The minimum absolute atomic E-state index is 0.643. The summed E-state index contributed by atoms with van der Waals surface area (Å²) in [6, 6.07) is 4.82. The van der Waals surface area contributed by atoms with E-state index in [1.807, 2.05) is 0 Å². The molecular formula is C15H17F2N. The van der Waals surface area contributed by atoms with E-state index in [4.69, 9.17) is 0 Å². The fourth-order valence-electron chi connectivity index (χ4n) is 4.48. The van der Waals surface area contributed by atoms with Gasteiger partial charge in [0.25, 0.3) is 0 Å². The molecule has 0 aromatic heterocycles. The lowest BCUT2D eigenvalue weighted by atomic mass is 10.0. The molecule has 3 heteroatoms. The Morgan fingerprint density at radius 3 is 2.44 bits per heavy atom. The average Bonchev–Trinajstić information content (AvgIpc) is 2.76. The number of nitrogens with one attached hydrogen (secondary N) is 1. The molecule has 0 radical (unpaired) electrons. The second-order valence-corrected chi connectivity index (χ2v) is 6.14. The first-order valence-corrected chi connectivity index (χ1v) is 6.91. The SMILES string of the molecule is Fc1ccc(CNC2C3C4CCC(C4)C23)cc1F. The maximum absolute atomic E-state index is 13.1. The molecule has 96 valence electrons. The van der Waals surface area contributed by atoms with Crippen molar-refractivity contribution in [3.05, 3.63) is 35.4 Å². The van der Waals surface area contributed by atoms with Gasteiger partial charge in [0.15, 0.2) is 11.6 Å². The van der Waals surface area contributed by atoms with Crippen molar-refractivity contribution in [2.75, 3.05) is 0 Å².